The van der Waals surface area contributed by atoms with E-state index in [1.54, 1.807) is 36.4 Å². The number of rotatable bonds is 8. The van der Waals surface area contributed by atoms with Crippen molar-refractivity contribution in [3.8, 4) is 11.9 Å². The number of benzene rings is 1. The number of aromatic nitrogens is 3. The number of thioether (sulfide) groups is 1. The first-order valence-electron chi connectivity index (χ1n) is 8.95. The quantitative estimate of drug-likeness (QED) is 0.490. The molecule has 1 aliphatic heterocycles. The van der Waals surface area contributed by atoms with Crippen LogP contribution < -0.4 is 10.3 Å². The van der Waals surface area contributed by atoms with Crippen molar-refractivity contribution in [1.29, 1.82) is 5.26 Å². The summed E-state index contributed by atoms with van der Waals surface area (Å²) in [5.74, 6) is 0.973. The molecule has 0 saturated carbocycles. The average Bonchev–Trinajstić information content (AvgIpc) is 3.05. The van der Waals surface area contributed by atoms with Gasteiger partial charge in [-0.05, 0) is 25.0 Å². The number of hydrogen-bond acceptors (Lipinski definition) is 8. The minimum Gasteiger partial charge on any atom is -0.497 e. The summed E-state index contributed by atoms with van der Waals surface area (Å²) < 4.78 is 6.51. The fraction of sp³-hybridized carbons (Fsp3) is 0.444. The highest BCUT2D eigenvalue weighted by molar-refractivity contribution is 8.15. The highest BCUT2D eigenvalue weighted by Gasteiger charge is 2.27. The predicted molar refractivity (Wildman–Crippen MR) is 106 cm³/mol. The van der Waals surface area contributed by atoms with Crippen molar-refractivity contribution in [3.05, 3.63) is 28.6 Å². The van der Waals surface area contributed by atoms with Crippen LogP contribution in [0, 0.1) is 11.5 Å². The van der Waals surface area contributed by atoms with Crippen LogP contribution in [0.15, 0.2) is 28.0 Å². The molecule has 9 nitrogen and oxygen atoms in total. The molecule has 0 N–H and O–H groups in total. The SMILES string of the molecule is COc1ccc2c(=O)n(CCCCCCN3C(=O)CS/C3=N\C#N)nnc2c1. The number of aliphatic imine (C=N–C) groups is 1. The standard InChI is InChI=1S/C18H20N6O3S/c1-27-13-6-7-14-15(10-13)21-22-24(17(14)26)9-5-3-2-4-8-23-16(25)11-28-18(23)20-12-19/h6-7,10H,2-5,8-9,11H2,1H3/b20-18-. The van der Waals surface area contributed by atoms with E-state index in [4.69, 9.17) is 10.00 Å². The molecule has 1 aromatic heterocycles. The van der Waals surface area contributed by atoms with Gasteiger partial charge in [0.1, 0.15) is 11.3 Å². The summed E-state index contributed by atoms with van der Waals surface area (Å²) in [6, 6.07) is 5.13. The molecule has 28 heavy (non-hydrogen) atoms. The molecular weight excluding hydrogens is 380 g/mol. The second-order valence-corrected chi connectivity index (χ2v) is 7.19. The Hall–Kier alpha value is -2.93. The van der Waals surface area contributed by atoms with Gasteiger partial charge in [-0.25, -0.2) is 4.68 Å². The Bertz CT molecular complexity index is 997. The lowest BCUT2D eigenvalue weighted by molar-refractivity contribution is -0.124. The second kappa shape index (κ2) is 9.32. The molecule has 0 aliphatic carbocycles. The van der Waals surface area contributed by atoms with E-state index in [0.717, 1.165) is 25.7 Å². The van der Waals surface area contributed by atoms with E-state index < -0.39 is 0 Å². The molecule has 10 heteroatoms. The van der Waals surface area contributed by atoms with E-state index in [1.807, 2.05) is 0 Å². The number of nitrogens with zero attached hydrogens (tertiary/aromatic N) is 6. The Morgan fingerprint density at radius 3 is 2.79 bits per heavy atom. The van der Waals surface area contributed by atoms with Crippen LogP contribution in [-0.2, 0) is 11.3 Å². The summed E-state index contributed by atoms with van der Waals surface area (Å²) in [7, 11) is 1.56. The molecule has 0 spiro atoms. The van der Waals surface area contributed by atoms with Crippen molar-refractivity contribution < 1.29 is 9.53 Å². The molecule has 2 heterocycles. The third kappa shape index (κ3) is 4.48. The number of unbranched alkanes of at least 4 members (excludes halogenated alkanes) is 3. The normalized spacial score (nSPS) is 15.4. The number of nitriles is 1. The average molecular weight is 400 g/mol. The summed E-state index contributed by atoms with van der Waals surface area (Å²) in [5, 5.41) is 17.8. The van der Waals surface area contributed by atoms with Crippen LogP contribution in [0.25, 0.3) is 10.9 Å². The molecule has 2 aromatic rings. The van der Waals surface area contributed by atoms with Crippen molar-refractivity contribution in [2.24, 2.45) is 4.99 Å². The maximum Gasteiger partial charge on any atom is 0.277 e. The van der Waals surface area contributed by atoms with Gasteiger partial charge in [-0.15, -0.1) is 10.1 Å². The topological polar surface area (TPSA) is 113 Å². The lowest BCUT2D eigenvalue weighted by Gasteiger charge is -2.14. The Morgan fingerprint density at radius 1 is 1.25 bits per heavy atom. The van der Waals surface area contributed by atoms with E-state index in [9.17, 15) is 9.59 Å². The summed E-state index contributed by atoms with van der Waals surface area (Å²) in [6.45, 7) is 1.05. The number of methoxy groups -OCH3 is 1. The lowest BCUT2D eigenvalue weighted by Crippen LogP contribution is -2.30. The third-order valence-corrected chi connectivity index (χ3v) is 5.40. The molecule has 1 aliphatic rings. The molecule has 0 atom stereocenters. The maximum absolute atomic E-state index is 12.5. The van der Waals surface area contributed by atoms with Gasteiger partial charge in [0, 0.05) is 19.2 Å². The Kier molecular flexibility index (Phi) is 6.60. The van der Waals surface area contributed by atoms with Crippen LogP contribution in [0.5, 0.6) is 5.75 Å². The Labute approximate surface area is 166 Å². The smallest absolute Gasteiger partial charge is 0.277 e. The molecule has 0 radical (unpaired) electrons. The van der Waals surface area contributed by atoms with Crippen LogP contribution in [-0.4, -0.2) is 50.4 Å². The number of ether oxygens (including phenoxy) is 1. The van der Waals surface area contributed by atoms with Crippen LogP contribution in [0.1, 0.15) is 25.7 Å². The molecule has 1 amide bonds. The molecule has 1 fully saturated rings. The zero-order valence-electron chi connectivity index (χ0n) is 15.5. The van der Waals surface area contributed by atoms with Gasteiger partial charge in [0.2, 0.25) is 12.1 Å². The first-order chi connectivity index (χ1) is 13.6. The van der Waals surface area contributed by atoms with Crippen LogP contribution in [0.3, 0.4) is 0 Å². The number of fused-ring (bicyclic) bond motifs is 1. The molecule has 0 bridgehead atoms. The van der Waals surface area contributed by atoms with Gasteiger partial charge in [0.25, 0.3) is 5.56 Å². The molecule has 1 aromatic carbocycles. The first kappa shape index (κ1) is 19.8. The van der Waals surface area contributed by atoms with Crippen molar-refractivity contribution in [1.82, 2.24) is 19.9 Å². The number of aryl methyl sites for hydroxylation is 1. The van der Waals surface area contributed by atoms with Crippen LogP contribution in [0.2, 0.25) is 0 Å². The highest BCUT2D eigenvalue weighted by atomic mass is 32.2. The minimum absolute atomic E-state index is 0.00591. The maximum atomic E-state index is 12.5. The number of amides is 1. The molecular formula is C18H20N6O3S. The van der Waals surface area contributed by atoms with E-state index in [2.05, 4.69) is 15.3 Å². The summed E-state index contributed by atoms with van der Waals surface area (Å²) in [4.78, 5) is 29.5. The number of hydrogen-bond donors (Lipinski definition) is 0. The number of carbonyl (C=O) groups is 1. The molecule has 1 saturated heterocycles. The van der Waals surface area contributed by atoms with Crippen LogP contribution >= 0.6 is 11.8 Å². The highest BCUT2D eigenvalue weighted by Crippen LogP contribution is 2.20. The van der Waals surface area contributed by atoms with Gasteiger partial charge >= 0.3 is 0 Å². The Balaban J connectivity index is 1.47. The van der Waals surface area contributed by atoms with E-state index in [-0.39, 0.29) is 11.5 Å². The summed E-state index contributed by atoms with van der Waals surface area (Å²) in [5.41, 5.74) is 0.355. The largest absolute Gasteiger partial charge is 0.497 e. The number of amidine groups is 1. The zero-order valence-corrected chi connectivity index (χ0v) is 16.3. The van der Waals surface area contributed by atoms with Gasteiger partial charge in [0.15, 0.2) is 5.17 Å². The van der Waals surface area contributed by atoms with Gasteiger partial charge in [-0.2, -0.15) is 5.26 Å². The monoisotopic (exact) mass is 400 g/mol. The van der Waals surface area contributed by atoms with Crippen molar-refractivity contribution >= 4 is 33.7 Å². The van der Waals surface area contributed by atoms with Crippen LogP contribution in [0.4, 0.5) is 0 Å². The van der Waals surface area contributed by atoms with Crippen molar-refractivity contribution in [3.63, 3.8) is 0 Å². The van der Waals surface area contributed by atoms with Gasteiger partial charge in [0.05, 0.1) is 18.2 Å². The molecule has 146 valence electrons. The van der Waals surface area contributed by atoms with Crippen molar-refractivity contribution in [2.45, 2.75) is 32.2 Å². The van der Waals surface area contributed by atoms with Crippen molar-refractivity contribution in [2.75, 3.05) is 19.4 Å². The van der Waals surface area contributed by atoms with Gasteiger partial charge in [-0.3, -0.25) is 14.5 Å². The van der Waals surface area contributed by atoms with E-state index >= 15 is 0 Å². The minimum atomic E-state index is -0.162. The first-order valence-corrected chi connectivity index (χ1v) is 9.94. The fourth-order valence-corrected chi connectivity index (χ4v) is 3.82. The lowest BCUT2D eigenvalue weighted by atomic mass is 10.2. The third-order valence-electron chi connectivity index (χ3n) is 4.43. The fourth-order valence-electron chi connectivity index (χ4n) is 2.96. The zero-order chi connectivity index (χ0) is 19.9. The number of carbonyl (C=O) groups excluding carboxylic acids is 1. The van der Waals surface area contributed by atoms with E-state index in [0.29, 0.717) is 40.7 Å². The van der Waals surface area contributed by atoms with E-state index in [1.165, 1.54) is 16.4 Å². The van der Waals surface area contributed by atoms with Gasteiger partial charge < -0.3 is 4.74 Å². The predicted octanol–water partition coefficient (Wildman–Crippen LogP) is 1.77. The second-order valence-electron chi connectivity index (χ2n) is 6.24. The summed E-state index contributed by atoms with van der Waals surface area (Å²) >= 11 is 1.30. The molecule has 0 unspecified atom stereocenters. The van der Waals surface area contributed by atoms with Gasteiger partial charge in [-0.1, -0.05) is 29.8 Å². The summed E-state index contributed by atoms with van der Waals surface area (Å²) in [6.07, 6.45) is 5.14. The molecule has 3 rings (SSSR count). The Morgan fingerprint density at radius 2 is 2.04 bits per heavy atom.